The van der Waals surface area contributed by atoms with Gasteiger partial charge in [-0.3, -0.25) is 0 Å². The van der Waals surface area contributed by atoms with Gasteiger partial charge in [-0.15, -0.1) is 0 Å². The predicted octanol–water partition coefficient (Wildman–Crippen LogP) is 3.08. The first-order valence-electron chi connectivity index (χ1n) is 7.27. The molecule has 3 fully saturated rings. The van der Waals surface area contributed by atoms with Gasteiger partial charge in [0, 0.05) is 12.6 Å². The summed E-state index contributed by atoms with van der Waals surface area (Å²) in [6.07, 6.45) is 5.49. The maximum Gasteiger partial charge on any atom is 0.0716 e. The fourth-order valence-corrected chi connectivity index (χ4v) is 3.37. The van der Waals surface area contributed by atoms with Gasteiger partial charge < -0.3 is 9.64 Å². The molecular weight excluding hydrogens is 222 g/mol. The SMILES string of the molecule is c1ccc(COCCC2CC3CCN2CC3)cc1. The normalized spacial score (nSPS) is 30.6. The van der Waals surface area contributed by atoms with Crippen LogP contribution in [0.2, 0.25) is 0 Å². The molecule has 2 heteroatoms. The Labute approximate surface area is 110 Å². The Morgan fingerprint density at radius 1 is 1.11 bits per heavy atom. The second-order valence-corrected chi connectivity index (χ2v) is 5.70. The fourth-order valence-electron chi connectivity index (χ4n) is 3.37. The lowest BCUT2D eigenvalue weighted by molar-refractivity contribution is 0.0213. The van der Waals surface area contributed by atoms with Gasteiger partial charge in [-0.1, -0.05) is 30.3 Å². The molecule has 0 saturated carbocycles. The Morgan fingerprint density at radius 3 is 2.56 bits per heavy atom. The van der Waals surface area contributed by atoms with Crippen LogP contribution >= 0.6 is 0 Å². The lowest BCUT2D eigenvalue weighted by Crippen LogP contribution is -2.48. The number of rotatable bonds is 5. The largest absolute Gasteiger partial charge is 0.377 e. The number of ether oxygens (including phenoxy) is 1. The first-order valence-corrected chi connectivity index (χ1v) is 7.27. The molecule has 98 valence electrons. The highest BCUT2D eigenvalue weighted by Gasteiger charge is 2.32. The van der Waals surface area contributed by atoms with E-state index in [-0.39, 0.29) is 0 Å². The van der Waals surface area contributed by atoms with E-state index in [0.29, 0.717) is 0 Å². The molecule has 18 heavy (non-hydrogen) atoms. The van der Waals surface area contributed by atoms with E-state index in [4.69, 9.17) is 4.74 Å². The Balaban J connectivity index is 1.38. The van der Waals surface area contributed by atoms with Crippen molar-refractivity contribution in [3.63, 3.8) is 0 Å². The molecule has 0 aromatic heterocycles. The van der Waals surface area contributed by atoms with Gasteiger partial charge in [0.05, 0.1) is 6.61 Å². The molecule has 0 aliphatic carbocycles. The van der Waals surface area contributed by atoms with Crippen LogP contribution < -0.4 is 0 Å². The Kier molecular flexibility index (Phi) is 3.96. The molecule has 1 aromatic carbocycles. The third kappa shape index (κ3) is 2.93. The molecule has 3 saturated heterocycles. The van der Waals surface area contributed by atoms with Gasteiger partial charge in [-0.2, -0.15) is 0 Å². The second kappa shape index (κ2) is 5.85. The summed E-state index contributed by atoms with van der Waals surface area (Å²) in [5, 5.41) is 0. The third-order valence-electron chi connectivity index (χ3n) is 4.48. The molecule has 3 aliphatic rings. The van der Waals surface area contributed by atoms with E-state index < -0.39 is 0 Å². The van der Waals surface area contributed by atoms with Crippen molar-refractivity contribution >= 4 is 0 Å². The van der Waals surface area contributed by atoms with Crippen LogP contribution in [0.3, 0.4) is 0 Å². The Morgan fingerprint density at radius 2 is 1.89 bits per heavy atom. The van der Waals surface area contributed by atoms with Crippen LogP contribution in [0.5, 0.6) is 0 Å². The van der Waals surface area contributed by atoms with Crippen molar-refractivity contribution in [1.82, 2.24) is 4.90 Å². The lowest BCUT2D eigenvalue weighted by atomic mass is 9.82. The quantitative estimate of drug-likeness (QED) is 0.739. The van der Waals surface area contributed by atoms with E-state index in [0.717, 1.165) is 25.2 Å². The third-order valence-corrected chi connectivity index (χ3v) is 4.48. The van der Waals surface area contributed by atoms with Gasteiger partial charge in [0.15, 0.2) is 0 Å². The molecule has 3 heterocycles. The highest BCUT2D eigenvalue weighted by Crippen LogP contribution is 2.33. The maximum atomic E-state index is 5.80. The maximum absolute atomic E-state index is 5.80. The van der Waals surface area contributed by atoms with Gasteiger partial charge in [-0.25, -0.2) is 0 Å². The van der Waals surface area contributed by atoms with E-state index in [1.807, 2.05) is 0 Å². The minimum atomic E-state index is 0.761. The van der Waals surface area contributed by atoms with Crippen LogP contribution in [-0.2, 0) is 11.3 Å². The summed E-state index contributed by atoms with van der Waals surface area (Å²) in [6, 6.07) is 11.3. The van der Waals surface area contributed by atoms with E-state index >= 15 is 0 Å². The Hall–Kier alpha value is -0.860. The highest BCUT2D eigenvalue weighted by molar-refractivity contribution is 5.13. The van der Waals surface area contributed by atoms with Gasteiger partial charge in [-0.05, 0) is 50.3 Å². The standard InChI is InChI=1S/C16H23NO/c1-2-4-15(5-3-1)13-18-11-8-16-12-14-6-9-17(16)10-7-14/h1-5,14,16H,6-13H2. The average Bonchev–Trinajstić information content (AvgIpc) is 2.46. The van der Waals surface area contributed by atoms with Crippen LogP contribution in [-0.4, -0.2) is 30.6 Å². The minimum absolute atomic E-state index is 0.761. The van der Waals surface area contributed by atoms with Crippen molar-refractivity contribution in [3.8, 4) is 0 Å². The van der Waals surface area contributed by atoms with Crippen LogP contribution in [0.15, 0.2) is 30.3 Å². The molecule has 4 rings (SSSR count). The van der Waals surface area contributed by atoms with E-state index in [1.54, 1.807) is 0 Å². The number of fused-ring (bicyclic) bond motifs is 3. The average molecular weight is 245 g/mol. The monoisotopic (exact) mass is 245 g/mol. The zero-order valence-electron chi connectivity index (χ0n) is 11.1. The molecule has 0 radical (unpaired) electrons. The smallest absolute Gasteiger partial charge is 0.0716 e. The van der Waals surface area contributed by atoms with Crippen molar-refractivity contribution in [2.75, 3.05) is 19.7 Å². The number of nitrogens with zero attached hydrogens (tertiary/aromatic N) is 1. The lowest BCUT2D eigenvalue weighted by Gasteiger charge is -2.45. The van der Waals surface area contributed by atoms with Crippen LogP contribution in [0.4, 0.5) is 0 Å². The molecular formula is C16H23NO. The molecule has 0 N–H and O–H groups in total. The highest BCUT2D eigenvalue weighted by atomic mass is 16.5. The minimum Gasteiger partial charge on any atom is -0.377 e. The summed E-state index contributed by atoms with van der Waals surface area (Å²) in [7, 11) is 0. The second-order valence-electron chi connectivity index (χ2n) is 5.70. The van der Waals surface area contributed by atoms with Gasteiger partial charge in [0.1, 0.15) is 0 Å². The molecule has 2 bridgehead atoms. The summed E-state index contributed by atoms with van der Waals surface area (Å²) >= 11 is 0. The van der Waals surface area contributed by atoms with Crippen molar-refractivity contribution < 1.29 is 4.74 Å². The van der Waals surface area contributed by atoms with Crippen molar-refractivity contribution in [1.29, 1.82) is 0 Å². The summed E-state index contributed by atoms with van der Waals surface area (Å²) in [5.74, 6) is 1.01. The Bertz CT molecular complexity index is 357. The van der Waals surface area contributed by atoms with Crippen molar-refractivity contribution in [3.05, 3.63) is 35.9 Å². The van der Waals surface area contributed by atoms with E-state index in [1.165, 1.54) is 44.3 Å². The molecule has 0 amide bonds. The summed E-state index contributed by atoms with van der Waals surface area (Å²) < 4.78 is 5.80. The van der Waals surface area contributed by atoms with Crippen LogP contribution in [0.1, 0.15) is 31.2 Å². The molecule has 2 nitrogen and oxygen atoms in total. The van der Waals surface area contributed by atoms with Crippen LogP contribution in [0.25, 0.3) is 0 Å². The molecule has 0 spiro atoms. The number of hydrogen-bond acceptors (Lipinski definition) is 2. The zero-order chi connectivity index (χ0) is 12.2. The predicted molar refractivity (Wildman–Crippen MR) is 73.4 cm³/mol. The first-order chi connectivity index (χ1) is 8.92. The first kappa shape index (κ1) is 12.2. The summed E-state index contributed by atoms with van der Waals surface area (Å²) in [6.45, 7) is 4.32. The molecule has 1 unspecified atom stereocenters. The number of hydrogen-bond donors (Lipinski definition) is 0. The van der Waals surface area contributed by atoms with Gasteiger partial charge >= 0.3 is 0 Å². The van der Waals surface area contributed by atoms with Crippen molar-refractivity contribution in [2.24, 2.45) is 5.92 Å². The van der Waals surface area contributed by atoms with Crippen molar-refractivity contribution in [2.45, 2.75) is 38.3 Å². The summed E-state index contributed by atoms with van der Waals surface area (Å²) in [4.78, 5) is 2.67. The van der Waals surface area contributed by atoms with Crippen LogP contribution in [0, 0.1) is 5.92 Å². The van der Waals surface area contributed by atoms with E-state index in [9.17, 15) is 0 Å². The number of benzene rings is 1. The molecule has 1 aromatic rings. The van der Waals surface area contributed by atoms with E-state index in [2.05, 4.69) is 35.2 Å². The zero-order valence-corrected chi connectivity index (χ0v) is 11.1. The van der Waals surface area contributed by atoms with Gasteiger partial charge in [0.25, 0.3) is 0 Å². The number of piperidine rings is 3. The topological polar surface area (TPSA) is 12.5 Å². The molecule has 1 atom stereocenters. The van der Waals surface area contributed by atoms with Gasteiger partial charge in [0.2, 0.25) is 0 Å². The summed E-state index contributed by atoms with van der Waals surface area (Å²) in [5.41, 5.74) is 1.28. The molecule has 3 aliphatic heterocycles. The fraction of sp³-hybridized carbons (Fsp3) is 0.625.